The Morgan fingerprint density at radius 1 is 1.64 bits per heavy atom. The Hall–Kier alpha value is -0.580. The van der Waals surface area contributed by atoms with Gasteiger partial charge >= 0.3 is 0 Å². The molecule has 1 aromatic rings. The SMILES string of the molecule is Cl.NCCc1ncc(CO)[nH]1. The van der Waals surface area contributed by atoms with Crippen molar-refractivity contribution in [2.24, 2.45) is 5.73 Å². The lowest BCUT2D eigenvalue weighted by Crippen LogP contribution is -2.03. The number of hydrogen-bond donors (Lipinski definition) is 3. The van der Waals surface area contributed by atoms with Gasteiger partial charge < -0.3 is 15.8 Å². The second-order valence-electron chi connectivity index (χ2n) is 2.05. The van der Waals surface area contributed by atoms with Crippen LogP contribution in [0.2, 0.25) is 0 Å². The first-order valence-corrected chi connectivity index (χ1v) is 3.20. The van der Waals surface area contributed by atoms with Gasteiger partial charge in [0.25, 0.3) is 0 Å². The lowest BCUT2D eigenvalue weighted by Gasteiger charge is -1.89. The minimum absolute atomic E-state index is 0. The minimum Gasteiger partial charge on any atom is -0.390 e. The zero-order valence-corrected chi connectivity index (χ0v) is 6.90. The van der Waals surface area contributed by atoms with Gasteiger partial charge in [0.05, 0.1) is 18.5 Å². The summed E-state index contributed by atoms with van der Waals surface area (Å²) < 4.78 is 0. The van der Waals surface area contributed by atoms with Crippen LogP contribution >= 0.6 is 12.4 Å². The Morgan fingerprint density at radius 3 is 2.82 bits per heavy atom. The van der Waals surface area contributed by atoms with E-state index in [1.807, 2.05) is 0 Å². The Kier molecular flexibility index (Phi) is 4.85. The molecule has 0 bridgehead atoms. The van der Waals surface area contributed by atoms with Crippen molar-refractivity contribution in [3.05, 3.63) is 17.7 Å². The van der Waals surface area contributed by atoms with E-state index in [1.165, 1.54) is 0 Å². The Balaban J connectivity index is 0.000001000. The van der Waals surface area contributed by atoms with Crippen molar-refractivity contribution in [1.29, 1.82) is 0 Å². The first-order chi connectivity index (χ1) is 4.86. The van der Waals surface area contributed by atoms with Gasteiger partial charge in [0, 0.05) is 6.42 Å². The molecule has 11 heavy (non-hydrogen) atoms. The van der Waals surface area contributed by atoms with Crippen molar-refractivity contribution in [1.82, 2.24) is 9.97 Å². The summed E-state index contributed by atoms with van der Waals surface area (Å²) in [4.78, 5) is 6.90. The van der Waals surface area contributed by atoms with E-state index in [-0.39, 0.29) is 19.0 Å². The van der Waals surface area contributed by atoms with Crippen molar-refractivity contribution < 1.29 is 5.11 Å². The van der Waals surface area contributed by atoms with Crippen molar-refractivity contribution >= 4 is 12.4 Å². The van der Waals surface area contributed by atoms with Gasteiger partial charge in [-0.3, -0.25) is 0 Å². The number of aromatic nitrogens is 2. The third kappa shape index (κ3) is 2.88. The number of nitrogens with two attached hydrogens (primary N) is 1. The van der Waals surface area contributed by atoms with Gasteiger partial charge in [-0.15, -0.1) is 12.4 Å². The molecule has 0 radical (unpaired) electrons. The summed E-state index contributed by atoms with van der Waals surface area (Å²) in [5.74, 6) is 0.839. The molecule has 64 valence electrons. The fourth-order valence-electron chi connectivity index (χ4n) is 0.750. The van der Waals surface area contributed by atoms with Gasteiger partial charge in [-0.25, -0.2) is 4.98 Å². The summed E-state index contributed by atoms with van der Waals surface area (Å²) in [7, 11) is 0. The Morgan fingerprint density at radius 2 is 2.36 bits per heavy atom. The van der Waals surface area contributed by atoms with Crippen LogP contribution in [0.3, 0.4) is 0 Å². The molecule has 4 N–H and O–H groups in total. The molecule has 1 aromatic heterocycles. The normalized spacial score (nSPS) is 9.27. The van der Waals surface area contributed by atoms with E-state index in [4.69, 9.17) is 10.8 Å². The predicted octanol–water partition coefficient (Wildman–Crippen LogP) is -0.175. The van der Waals surface area contributed by atoms with E-state index >= 15 is 0 Å². The zero-order chi connectivity index (χ0) is 7.40. The van der Waals surface area contributed by atoms with Crippen LogP contribution in [-0.2, 0) is 13.0 Å². The van der Waals surface area contributed by atoms with E-state index < -0.39 is 0 Å². The second kappa shape index (κ2) is 5.12. The topological polar surface area (TPSA) is 74.9 Å². The summed E-state index contributed by atoms with van der Waals surface area (Å²) in [6.45, 7) is 0.593. The second-order valence-corrected chi connectivity index (χ2v) is 2.05. The van der Waals surface area contributed by atoms with Gasteiger partial charge in [0.15, 0.2) is 0 Å². The maximum Gasteiger partial charge on any atom is 0.107 e. The highest BCUT2D eigenvalue weighted by Crippen LogP contribution is 1.95. The molecule has 1 heterocycles. The largest absolute Gasteiger partial charge is 0.390 e. The third-order valence-corrected chi connectivity index (χ3v) is 1.23. The summed E-state index contributed by atoms with van der Waals surface area (Å²) in [5, 5.41) is 8.62. The Bertz CT molecular complexity index is 201. The molecule has 0 atom stereocenters. The van der Waals surface area contributed by atoms with Gasteiger partial charge in [0.2, 0.25) is 0 Å². The summed E-state index contributed by atoms with van der Waals surface area (Å²) >= 11 is 0. The summed E-state index contributed by atoms with van der Waals surface area (Å²) in [5.41, 5.74) is 6.03. The molecular weight excluding hydrogens is 166 g/mol. The summed E-state index contributed by atoms with van der Waals surface area (Å²) in [6, 6.07) is 0. The monoisotopic (exact) mass is 177 g/mol. The molecule has 0 aliphatic heterocycles. The molecule has 5 heteroatoms. The number of hydrogen-bond acceptors (Lipinski definition) is 3. The molecular formula is C6H12ClN3O. The number of halogens is 1. The van der Waals surface area contributed by atoms with Crippen LogP contribution in [0.25, 0.3) is 0 Å². The number of nitrogens with zero attached hydrogens (tertiary/aromatic N) is 1. The first kappa shape index (κ1) is 10.4. The van der Waals surface area contributed by atoms with Crippen LogP contribution in [-0.4, -0.2) is 21.6 Å². The highest BCUT2D eigenvalue weighted by atomic mass is 35.5. The van der Waals surface area contributed by atoms with Gasteiger partial charge in [-0.05, 0) is 6.54 Å². The highest BCUT2D eigenvalue weighted by molar-refractivity contribution is 5.85. The maximum absolute atomic E-state index is 8.62. The molecule has 0 aromatic carbocycles. The Labute approximate surface area is 71.2 Å². The van der Waals surface area contributed by atoms with E-state index in [2.05, 4.69) is 9.97 Å². The first-order valence-electron chi connectivity index (χ1n) is 3.20. The quantitative estimate of drug-likeness (QED) is 0.600. The molecule has 0 spiro atoms. The number of imidazole rings is 1. The average Bonchev–Trinajstić information content (AvgIpc) is 2.37. The van der Waals surface area contributed by atoms with E-state index in [0.29, 0.717) is 6.54 Å². The average molecular weight is 178 g/mol. The number of nitrogens with one attached hydrogen (secondary N) is 1. The minimum atomic E-state index is 0. The number of H-pyrrole nitrogens is 1. The number of aliphatic hydroxyl groups is 1. The maximum atomic E-state index is 8.62. The van der Waals surface area contributed by atoms with Crippen molar-refractivity contribution in [3.8, 4) is 0 Å². The molecule has 0 unspecified atom stereocenters. The fourth-order valence-corrected chi connectivity index (χ4v) is 0.750. The predicted molar refractivity (Wildman–Crippen MR) is 44.5 cm³/mol. The molecule has 0 aliphatic carbocycles. The molecule has 0 saturated carbocycles. The van der Waals surface area contributed by atoms with Crippen molar-refractivity contribution in [2.45, 2.75) is 13.0 Å². The van der Waals surface area contributed by atoms with Crippen LogP contribution in [0, 0.1) is 0 Å². The molecule has 0 fully saturated rings. The lowest BCUT2D eigenvalue weighted by molar-refractivity contribution is 0.277. The number of aromatic amines is 1. The van der Waals surface area contributed by atoms with Crippen LogP contribution in [0.15, 0.2) is 6.20 Å². The summed E-state index contributed by atoms with van der Waals surface area (Å²) in [6.07, 6.45) is 2.35. The number of aliphatic hydroxyl groups excluding tert-OH is 1. The standard InChI is InChI=1S/C6H11N3O.ClH/c7-2-1-6-8-3-5(4-10)9-6;/h3,10H,1-2,4,7H2,(H,8,9);1H. The molecule has 0 aliphatic rings. The van der Waals surface area contributed by atoms with E-state index in [9.17, 15) is 0 Å². The van der Waals surface area contributed by atoms with Crippen LogP contribution in [0.4, 0.5) is 0 Å². The van der Waals surface area contributed by atoms with Crippen molar-refractivity contribution in [2.75, 3.05) is 6.54 Å². The van der Waals surface area contributed by atoms with Crippen molar-refractivity contribution in [3.63, 3.8) is 0 Å². The van der Waals surface area contributed by atoms with Gasteiger partial charge in [-0.1, -0.05) is 0 Å². The zero-order valence-electron chi connectivity index (χ0n) is 6.08. The van der Waals surface area contributed by atoms with Crippen LogP contribution in [0.1, 0.15) is 11.5 Å². The third-order valence-electron chi connectivity index (χ3n) is 1.23. The molecule has 0 amide bonds. The fraction of sp³-hybridized carbons (Fsp3) is 0.500. The van der Waals surface area contributed by atoms with Crippen LogP contribution < -0.4 is 5.73 Å². The molecule has 4 nitrogen and oxygen atoms in total. The van der Waals surface area contributed by atoms with Gasteiger partial charge in [0.1, 0.15) is 5.82 Å². The van der Waals surface area contributed by atoms with Crippen LogP contribution in [0.5, 0.6) is 0 Å². The molecule has 1 rings (SSSR count). The molecule has 0 saturated heterocycles. The lowest BCUT2D eigenvalue weighted by atomic mass is 10.4. The van der Waals surface area contributed by atoms with E-state index in [1.54, 1.807) is 6.20 Å². The van der Waals surface area contributed by atoms with Gasteiger partial charge in [-0.2, -0.15) is 0 Å². The highest BCUT2D eigenvalue weighted by Gasteiger charge is 1.96. The number of rotatable bonds is 3. The smallest absolute Gasteiger partial charge is 0.107 e. The van der Waals surface area contributed by atoms with E-state index in [0.717, 1.165) is 17.9 Å².